The summed E-state index contributed by atoms with van der Waals surface area (Å²) < 4.78 is 5.53. The van der Waals surface area contributed by atoms with Crippen molar-refractivity contribution >= 4 is 17.3 Å². The van der Waals surface area contributed by atoms with Crippen LogP contribution in [-0.2, 0) is 6.42 Å². The SMILES string of the molecule is N=C(c1ccc2c(c1)CCO2)c1cc(C(=O)N[C@@H]2CCCNC2)ccc1N. The maximum atomic E-state index is 12.6. The Labute approximate surface area is 158 Å². The summed E-state index contributed by atoms with van der Waals surface area (Å²) in [5, 5.41) is 15.0. The predicted molar refractivity (Wildman–Crippen MR) is 106 cm³/mol. The van der Waals surface area contributed by atoms with E-state index in [0.717, 1.165) is 49.2 Å². The number of piperidine rings is 1. The number of amides is 1. The van der Waals surface area contributed by atoms with Gasteiger partial charge in [0.05, 0.1) is 12.3 Å². The molecule has 1 atom stereocenters. The minimum Gasteiger partial charge on any atom is -0.493 e. The van der Waals surface area contributed by atoms with Crippen molar-refractivity contribution in [2.24, 2.45) is 0 Å². The molecule has 0 spiro atoms. The lowest BCUT2D eigenvalue weighted by Crippen LogP contribution is -2.45. The number of carbonyl (C=O) groups excluding carboxylic acids is 1. The summed E-state index contributed by atoms with van der Waals surface area (Å²) in [6.45, 7) is 2.47. The van der Waals surface area contributed by atoms with Gasteiger partial charge in [0.1, 0.15) is 5.75 Å². The number of benzene rings is 2. The van der Waals surface area contributed by atoms with Crippen LogP contribution in [0.5, 0.6) is 5.75 Å². The minimum atomic E-state index is -0.125. The van der Waals surface area contributed by atoms with Crippen molar-refractivity contribution in [2.45, 2.75) is 25.3 Å². The van der Waals surface area contributed by atoms with E-state index in [1.54, 1.807) is 18.2 Å². The van der Waals surface area contributed by atoms with Crippen LogP contribution in [0.3, 0.4) is 0 Å². The van der Waals surface area contributed by atoms with Gasteiger partial charge in [0.25, 0.3) is 5.91 Å². The molecule has 6 heteroatoms. The first-order chi connectivity index (χ1) is 13.1. The van der Waals surface area contributed by atoms with Crippen LogP contribution in [0.15, 0.2) is 36.4 Å². The molecular weight excluding hydrogens is 340 g/mol. The van der Waals surface area contributed by atoms with Gasteiger partial charge in [-0.15, -0.1) is 0 Å². The molecule has 27 heavy (non-hydrogen) atoms. The van der Waals surface area contributed by atoms with Gasteiger partial charge >= 0.3 is 0 Å². The number of rotatable bonds is 4. The average molecular weight is 364 g/mol. The van der Waals surface area contributed by atoms with Gasteiger partial charge in [-0.3, -0.25) is 10.2 Å². The molecule has 0 radical (unpaired) electrons. The van der Waals surface area contributed by atoms with E-state index >= 15 is 0 Å². The number of hydrogen-bond acceptors (Lipinski definition) is 5. The van der Waals surface area contributed by atoms with Gasteiger partial charge in [-0.25, -0.2) is 0 Å². The molecule has 2 aromatic rings. The van der Waals surface area contributed by atoms with Crippen LogP contribution in [0.2, 0.25) is 0 Å². The second-order valence-electron chi connectivity index (χ2n) is 7.11. The maximum Gasteiger partial charge on any atom is 0.251 e. The molecule has 2 aliphatic rings. The van der Waals surface area contributed by atoms with Crippen molar-refractivity contribution in [1.29, 1.82) is 5.41 Å². The van der Waals surface area contributed by atoms with Crippen molar-refractivity contribution in [3.05, 3.63) is 58.7 Å². The number of nitrogens with one attached hydrogen (secondary N) is 3. The summed E-state index contributed by atoms with van der Waals surface area (Å²) in [5.74, 6) is 0.758. The Kier molecular flexibility index (Phi) is 4.81. The number of fused-ring (bicyclic) bond motifs is 1. The topological polar surface area (TPSA) is 100 Å². The summed E-state index contributed by atoms with van der Waals surface area (Å²) in [6, 6.07) is 11.0. The standard InChI is InChI=1S/C21H24N4O2/c22-18-5-3-15(21(26)25-16-2-1-8-24-12-16)11-17(18)20(23)14-4-6-19-13(10-14)7-9-27-19/h3-6,10-11,16,23-24H,1-2,7-9,12,22H2,(H,25,26)/t16-/m1/s1. The molecular formula is C21H24N4O2. The average Bonchev–Trinajstić information content (AvgIpc) is 3.16. The van der Waals surface area contributed by atoms with E-state index in [0.29, 0.717) is 29.1 Å². The zero-order valence-corrected chi connectivity index (χ0v) is 15.2. The Morgan fingerprint density at radius 2 is 2.07 bits per heavy atom. The minimum absolute atomic E-state index is 0.125. The van der Waals surface area contributed by atoms with E-state index in [2.05, 4.69) is 10.6 Å². The lowest BCUT2D eigenvalue weighted by molar-refractivity contribution is 0.0930. The molecule has 1 amide bonds. The van der Waals surface area contributed by atoms with Gasteiger partial charge in [-0.2, -0.15) is 0 Å². The van der Waals surface area contributed by atoms with E-state index in [-0.39, 0.29) is 11.9 Å². The monoisotopic (exact) mass is 364 g/mol. The Morgan fingerprint density at radius 3 is 2.89 bits per heavy atom. The fraction of sp³-hybridized carbons (Fsp3) is 0.333. The first kappa shape index (κ1) is 17.5. The highest BCUT2D eigenvalue weighted by atomic mass is 16.5. The molecule has 6 nitrogen and oxygen atoms in total. The van der Waals surface area contributed by atoms with Crippen molar-refractivity contribution in [2.75, 3.05) is 25.4 Å². The highest BCUT2D eigenvalue weighted by Gasteiger charge is 2.19. The van der Waals surface area contributed by atoms with E-state index in [9.17, 15) is 4.79 Å². The molecule has 0 aliphatic carbocycles. The fourth-order valence-corrected chi connectivity index (χ4v) is 3.66. The van der Waals surface area contributed by atoms with Gasteiger partial charge in [0.15, 0.2) is 0 Å². The Bertz CT molecular complexity index is 888. The number of carbonyl (C=O) groups is 1. The van der Waals surface area contributed by atoms with Crippen LogP contribution in [-0.4, -0.2) is 37.4 Å². The molecule has 0 aromatic heterocycles. The van der Waals surface area contributed by atoms with E-state index in [1.807, 2.05) is 18.2 Å². The predicted octanol–water partition coefficient (Wildman–Crippen LogP) is 2.10. The van der Waals surface area contributed by atoms with E-state index < -0.39 is 0 Å². The van der Waals surface area contributed by atoms with Crippen molar-refractivity contribution < 1.29 is 9.53 Å². The van der Waals surface area contributed by atoms with Crippen molar-refractivity contribution in [3.63, 3.8) is 0 Å². The lowest BCUT2D eigenvalue weighted by Gasteiger charge is -2.24. The van der Waals surface area contributed by atoms with Gasteiger partial charge in [0.2, 0.25) is 0 Å². The molecule has 1 saturated heterocycles. The highest BCUT2D eigenvalue weighted by molar-refractivity contribution is 6.15. The number of nitrogens with two attached hydrogens (primary N) is 1. The van der Waals surface area contributed by atoms with Gasteiger partial charge in [-0.05, 0) is 61.3 Å². The normalized spacial score (nSPS) is 18.4. The Balaban J connectivity index is 1.56. The van der Waals surface area contributed by atoms with Crippen LogP contribution < -0.4 is 21.1 Å². The van der Waals surface area contributed by atoms with Crippen molar-refractivity contribution in [1.82, 2.24) is 10.6 Å². The summed E-state index contributed by atoms with van der Waals surface area (Å²) in [7, 11) is 0. The number of hydrogen-bond donors (Lipinski definition) is 4. The first-order valence-corrected chi connectivity index (χ1v) is 9.38. The number of ether oxygens (including phenoxy) is 1. The van der Waals surface area contributed by atoms with Crippen LogP contribution in [0, 0.1) is 5.41 Å². The largest absolute Gasteiger partial charge is 0.493 e. The third kappa shape index (κ3) is 3.66. The van der Waals surface area contributed by atoms with Gasteiger partial charge in [0, 0.05) is 41.4 Å². The summed E-state index contributed by atoms with van der Waals surface area (Å²) in [4.78, 5) is 12.6. The fourth-order valence-electron chi connectivity index (χ4n) is 3.66. The zero-order valence-electron chi connectivity index (χ0n) is 15.2. The third-order valence-electron chi connectivity index (χ3n) is 5.20. The number of nitrogen functional groups attached to an aromatic ring is 1. The van der Waals surface area contributed by atoms with Crippen molar-refractivity contribution in [3.8, 4) is 5.75 Å². The van der Waals surface area contributed by atoms with E-state index in [1.165, 1.54) is 0 Å². The molecule has 2 heterocycles. The van der Waals surface area contributed by atoms with Gasteiger partial charge in [-0.1, -0.05) is 0 Å². The first-order valence-electron chi connectivity index (χ1n) is 9.38. The van der Waals surface area contributed by atoms with Crippen LogP contribution in [0.1, 0.15) is 39.9 Å². The quantitative estimate of drug-likeness (QED) is 0.493. The Hall–Kier alpha value is -2.86. The molecule has 140 valence electrons. The summed E-state index contributed by atoms with van der Waals surface area (Å²) in [5.41, 5.74) is 9.91. The molecule has 0 saturated carbocycles. The van der Waals surface area contributed by atoms with Crippen LogP contribution in [0.4, 0.5) is 5.69 Å². The lowest BCUT2D eigenvalue weighted by atomic mass is 9.96. The van der Waals surface area contributed by atoms with E-state index in [4.69, 9.17) is 15.9 Å². The molecule has 5 N–H and O–H groups in total. The Morgan fingerprint density at radius 1 is 1.22 bits per heavy atom. The van der Waals surface area contributed by atoms with Crippen LogP contribution >= 0.6 is 0 Å². The molecule has 0 unspecified atom stereocenters. The number of anilines is 1. The summed E-state index contributed by atoms with van der Waals surface area (Å²) in [6.07, 6.45) is 2.89. The molecule has 2 aliphatic heterocycles. The molecule has 0 bridgehead atoms. The summed E-state index contributed by atoms with van der Waals surface area (Å²) >= 11 is 0. The zero-order chi connectivity index (χ0) is 18.8. The highest BCUT2D eigenvalue weighted by Crippen LogP contribution is 2.28. The second-order valence-corrected chi connectivity index (χ2v) is 7.11. The second kappa shape index (κ2) is 7.40. The molecule has 1 fully saturated rings. The maximum absolute atomic E-state index is 12.6. The van der Waals surface area contributed by atoms with Gasteiger partial charge < -0.3 is 21.1 Å². The molecule has 4 rings (SSSR count). The molecule has 2 aromatic carbocycles. The smallest absolute Gasteiger partial charge is 0.251 e. The van der Waals surface area contributed by atoms with Crippen LogP contribution in [0.25, 0.3) is 0 Å². The third-order valence-corrected chi connectivity index (χ3v) is 5.20.